The van der Waals surface area contributed by atoms with Gasteiger partial charge in [0.1, 0.15) is 5.75 Å². The zero-order valence-electron chi connectivity index (χ0n) is 17.4. The van der Waals surface area contributed by atoms with Crippen molar-refractivity contribution in [2.24, 2.45) is 5.10 Å². The molecule has 31 heavy (non-hydrogen) atoms. The highest BCUT2D eigenvalue weighted by Gasteiger charge is 2.13. The highest BCUT2D eigenvalue weighted by atomic mass is 16.6. The zero-order valence-corrected chi connectivity index (χ0v) is 17.4. The van der Waals surface area contributed by atoms with Crippen LogP contribution < -0.4 is 19.6 Å². The van der Waals surface area contributed by atoms with Crippen molar-refractivity contribution in [1.29, 1.82) is 0 Å². The molecule has 158 valence electrons. The van der Waals surface area contributed by atoms with Crippen LogP contribution in [0.3, 0.4) is 0 Å². The van der Waals surface area contributed by atoms with Crippen LogP contribution in [0.4, 0.5) is 0 Å². The molecule has 3 aromatic rings. The summed E-state index contributed by atoms with van der Waals surface area (Å²) in [7, 11) is 3.02. The van der Waals surface area contributed by atoms with Crippen LogP contribution in [0, 0.1) is 6.92 Å². The van der Waals surface area contributed by atoms with Crippen molar-refractivity contribution in [1.82, 2.24) is 5.43 Å². The molecule has 0 saturated heterocycles. The molecule has 7 nitrogen and oxygen atoms in total. The third kappa shape index (κ3) is 5.70. The van der Waals surface area contributed by atoms with Gasteiger partial charge < -0.3 is 14.2 Å². The monoisotopic (exact) mass is 418 g/mol. The molecule has 0 aromatic heterocycles. The topological polar surface area (TPSA) is 86.2 Å². The molecule has 1 amide bonds. The van der Waals surface area contributed by atoms with E-state index in [1.54, 1.807) is 61.7 Å². The molecule has 7 heteroatoms. The summed E-state index contributed by atoms with van der Waals surface area (Å²) in [4.78, 5) is 24.5. The Bertz CT molecular complexity index is 1090. The number of aryl methyl sites for hydroxylation is 1. The predicted molar refractivity (Wildman–Crippen MR) is 117 cm³/mol. The molecule has 0 aliphatic heterocycles. The standard InChI is InChI=1S/C24H22N2O5/c1-16-4-7-18(8-5-16)23(27)26-25-15-17-6-13-21(22(14-17)30-3)31-24(28)19-9-11-20(29-2)12-10-19/h4-15H,1-3H3,(H,26,27)/b25-15+. The number of nitrogens with one attached hydrogen (secondary N) is 1. The molecule has 3 rings (SSSR count). The lowest BCUT2D eigenvalue weighted by Gasteiger charge is -2.10. The van der Waals surface area contributed by atoms with Crippen molar-refractivity contribution in [2.45, 2.75) is 6.92 Å². The summed E-state index contributed by atoms with van der Waals surface area (Å²) >= 11 is 0. The van der Waals surface area contributed by atoms with Gasteiger partial charge in [-0.05, 0) is 67.1 Å². The summed E-state index contributed by atoms with van der Waals surface area (Å²) in [5.41, 5.74) is 5.10. The lowest BCUT2D eigenvalue weighted by Crippen LogP contribution is -2.17. The number of carbonyl (C=O) groups is 2. The van der Waals surface area contributed by atoms with Crippen LogP contribution in [-0.2, 0) is 0 Å². The van der Waals surface area contributed by atoms with Gasteiger partial charge in [-0.3, -0.25) is 4.79 Å². The van der Waals surface area contributed by atoms with Gasteiger partial charge in [0.15, 0.2) is 11.5 Å². The summed E-state index contributed by atoms with van der Waals surface area (Å²) in [6.07, 6.45) is 1.48. The third-order valence-corrected chi connectivity index (χ3v) is 4.41. The minimum Gasteiger partial charge on any atom is -0.497 e. The Morgan fingerprint density at radius 3 is 2.16 bits per heavy atom. The van der Waals surface area contributed by atoms with Gasteiger partial charge in [0.2, 0.25) is 0 Å². The number of carbonyl (C=O) groups excluding carboxylic acids is 2. The number of benzene rings is 3. The van der Waals surface area contributed by atoms with E-state index in [2.05, 4.69) is 10.5 Å². The Morgan fingerprint density at radius 2 is 1.52 bits per heavy atom. The Hall–Kier alpha value is -4.13. The fourth-order valence-electron chi connectivity index (χ4n) is 2.67. The Morgan fingerprint density at radius 1 is 0.839 bits per heavy atom. The molecule has 3 aromatic carbocycles. The van der Waals surface area contributed by atoms with Crippen molar-refractivity contribution in [2.75, 3.05) is 14.2 Å². The van der Waals surface area contributed by atoms with Crippen LogP contribution in [0.25, 0.3) is 0 Å². The Kier molecular flexibility index (Phi) is 7.01. The summed E-state index contributed by atoms with van der Waals surface area (Å²) in [5, 5.41) is 3.97. The third-order valence-electron chi connectivity index (χ3n) is 4.41. The molecule has 1 N–H and O–H groups in total. The second kappa shape index (κ2) is 10.1. The second-order valence-electron chi connectivity index (χ2n) is 6.59. The van der Waals surface area contributed by atoms with Crippen LogP contribution in [0.5, 0.6) is 17.2 Å². The highest BCUT2D eigenvalue weighted by Crippen LogP contribution is 2.28. The van der Waals surface area contributed by atoms with E-state index < -0.39 is 5.97 Å². The first kappa shape index (κ1) is 21.6. The fraction of sp³-hybridized carbons (Fsp3) is 0.125. The SMILES string of the molecule is COc1ccc(C(=O)Oc2ccc(/C=N/NC(=O)c3ccc(C)cc3)cc2OC)cc1. The predicted octanol–water partition coefficient (Wildman–Crippen LogP) is 4.00. The van der Waals surface area contributed by atoms with Crippen molar-refractivity contribution < 1.29 is 23.8 Å². The Labute approximate surface area is 180 Å². The number of rotatable bonds is 7. The van der Waals surface area contributed by atoms with Crippen LogP contribution in [0.15, 0.2) is 71.8 Å². The number of ether oxygens (including phenoxy) is 3. The number of nitrogens with zero attached hydrogens (tertiary/aromatic N) is 1. The van der Waals surface area contributed by atoms with Crippen molar-refractivity contribution in [3.05, 3.63) is 89.0 Å². The van der Waals surface area contributed by atoms with Crippen LogP contribution in [0.2, 0.25) is 0 Å². The van der Waals surface area contributed by atoms with Crippen LogP contribution in [0.1, 0.15) is 31.8 Å². The molecule has 0 radical (unpaired) electrons. The summed E-state index contributed by atoms with van der Waals surface area (Å²) in [6.45, 7) is 1.95. The van der Waals surface area contributed by atoms with Crippen molar-refractivity contribution in [3.63, 3.8) is 0 Å². The van der Waals surface area contributed by atoms with Gasteiger partial charge in [0.25, 0.3) is 5.91 Å². The smallest absolute Gasteiger partial charge is 0.343 e. The number of esters is 1. The average Bonchev–Trinajstić information content (AvgIpc) is 2.80. The van der Waals surface area contributed by atoms with E-state index in [0.717, 1.165) is 5.56 Å². The van der Waals surface area contributed by atoms with E-state index in [-0.39, 0.29) is 11.7 Å². The van der Waals surface area contributed by atoms with E-state index >= 15 is 0 Å². The quantitative estimate of drug-likeness (QED) is 0.271. The van der Waals surface area contributed by atoms with E-state index in [9.17, 15) is 9.59 Å². The molecule has 0 saturated carbocycles. The van der Waals surface area contributed by atoms with Gasteiger partial charge in [-0.1, -0.05) is 17.7 Å². The van der Waals surface area contributed by atoms with Gasteiger partial charge in [-0.25, -0.2) is 10.2 Å². The fourth-order valence-corrected chi connectivity index (χ4v) is 2.67. The second-order valence-corrected chi connectivity index (χ2v) is 6.59. The van der Waals surface area contributed by atoms with Gasteiger partial charge in [-0.2, -0.15) is 5.10 Å². The van der Waals surface area contributed by atoms with E-state index in [0.29, 0.717) is 28.2 Å². The van der Waals surface area contributed by atoms with Gasteiger partial charge in [0, 0.05) is 5.56 Å². The molecule has 0 heterocycles. The number of hydrazone groups is 1. The highest BCUT2D eigenvalue weighted by molar-refractivity contribution is 5.95. The summed E-state index contributed by atoms with van der Waals surface area (Å²) in [5.74, 6) is 0.438. The maximum Gasteiger partial charge on any atom is 0.343 e. The van der Waals surface area contributed by atoms with E-state index in [4.69, 9.17) is 14.2 Å². The summed E-state index contributed by atoms with van der Waals surface area (Å²) in [6, 6.07) is 18.7. The summed E-state index contributed by atoms with van der Waals surface area (Å²) < 4.78 is 15.8. The molecule has 0 aliphatic rings. The van der Waals surface area contributed by atoms with Gasteiger partial charge in [0.05, 0.1) is 26.0 Å². The van der Waals surface area contributed by atoms with Crippen molar-refractivity contribution in [3.8, 4) is 17.2 Å². The lowest BCUT2D eigenvalue weighted by atomic mass is 10.1. The Balaban J connectivity index is 1.66. The first-order chi connectivity index (χ1) is 15.0. The number of amides is 1. The first-order valence-corrected chi connectivity index (χ1v) is 9.44. The first-order valence-electron chi connectivity index (χ1n) is 9.44. The molecule has 0 atom stereocenters. The normalized spacial score (nSPS) is 10.5. The van der Waals surface area contributed by atoms with Crippen molar-refractivity contribution >= 4 is 18.1 Å². The molecule has 0 unspecified atom stereocenters. The maximum atomic E-state index is 12.4. The van der Waals surface area contributed by atoms with Crippen LogP contribution in [-0.4, -0.2) is 32.3 Å². The van der Waals surface area contributed by atoms with Crippen LogP contribution >= 0.6 is 0 Å². The van der Waals surface area contributed by atoms with E-state index in [1.807, 2.05) is 19.1 Å². The zero-order chi connectivity index (χ0) is 22.2. The van der Waals surface area contributed by atoms with Gasteiger partial charge in [-0.15, -0.1) is 0 Å². The largest absolute Gasteiger partial charge is 0.497 e. The number of hydrogen-bond donors (Lipinski definition) is 1. The molecular weight excluding hydrogens is 396 g/mol. The minimum absolute atomic E-state index is 0.268. The molecule has 0 spiro atoms. The molecule has 0 aliphatic carbocycles. The minimum atomic E-state index is -0.521. The lowest BCUT2D eigenvalue weighted by molar-refractivity contribution is 0.0729. The van der Waals surface area contributed by atoms with E-state index in [1.165, 1.54) is 13.3 Å². The number of methoxy groups -OCH3 is 2. The maximum absolute atomic E-state index is 12.4. The molecular formula is C24H22N2O5. The van der Waals surface area contributed by atoms with Gasteiger partial charge >= 0.3 is 5.97 Å². The molecule has 0 fully saturated rings. The average molecular weight is 418 g/mol. The molecule has 0 bridgehead atoms. The number of hydrogen-bond acceptors (Lipinski definition) is 6.